The molecule has 17 heavy (non-hydrogen) atoms. The third kappa shape index (κ3) is 5.21. The van der Waals surface area contributed by atoms with Gasteiger partial charge < -0.3 is 16.8 Å². The molecule has 7 heteroatoms. The number of thiocarbonyl (C=S) groups is 1. The maximum absolute atomic E-state index is 10.5. The largest absolute Gasteiger partial charge is 0.388 e. The number of anilines is 1. The number of hydrogen-bond donors (Lipinski definition) is 3. The zero-order valence-corrected chi connectivity index (χ0v) is 10.2. The highest BCUT2D eigenvalue weighted by Crippen LogP contribution is 2.02. The minimum atomic E-state index is -0.273. The summed E-state index contributed by atoms with van der Waals surface area (Å²) in [5, 5.41) is 3.07. The van der Waals surface area contributed by atoms with E-state index >= 15 is 0 Å². The molecule has 0 saturated heterocycles. The van der Waals surface area contributed by atoms with E-state index in [0.29, 0.717) is 24.5 Å². The minimum absolute atomic E-state index is 0.227. The number of rotatable bonds is 7. The monoisotopic (exact) mass is 253 g/mol. The first-order chi connectivity index (χ1) is 8.09. The van der Waals surface area contributed by atoms with Gasteiger partial charge in [-0.1, -0.05) is 12.2 Å². The summed E-state index contributed by atoms with van der Waals surface area (Å²) < 4.78 is 0. The van der Waals surface area contributed by atoms with Crippen LogP contribution in [0.4, 0.5) is 5.82 Å². The van der Waals surface area contributed by atoms with Gasteiger partial charge in [-0.3, -0.25) is 4.79 Å². The van der Waals surface area contributed by atoms with Crippen molar-refractivity contribution in [2.24, 2.45) is 11.5 Å². The summed E-state index contributed by atoms with van der Waals surface area (Å²) in [7, 11) is 0. The van der Waals surface area contributed by atoms with Gasteiger partial charge in [0, 0.05) is 13.0 Å². The molecule has 0 saturated carbocycles. The molecular formula is C10H15N5OS. The van der Waals surface area contributed by atoms with Crippen LogP contribution in [0.25, 0.3) is 0 Å². The van der Waals surface area contributed by atoms with Crippen molar-refractivity contribution in [1.29, 1.82) is 0 Å². The van der Waals surface area contributed by atoms with E-state index in [9.17, 15) is 4.79 Å². The SMILES string of the molecule is NC(=O)CCCCNc1cnc(C(N)=S)cn1. The number of carbonyl (C=O) groups is 1. The van der Waals surface area contributed by atoms with Crippen LogP contribution in [0.2, 0.25) is 0 Å². The number of nitrogens with zero attached hydrogens (tertiary/aromatic N) is 2. The Labute approximate surface area is 105 Å². The van der Waals surface area contributed by atoms with Crippen molar-refractivity contribution in [3.05, 3.63) is 18.1 Å². The Morgan fingerprint density at radius 3 is 2.59 bits per heavy atom. The van der Waals surface area contributed by atoms with Crippen molar-refractivity contribution < 1.29 is 4.79 Å². The van der Waals surface area contributed by atoms with Gasteiger partial charge in [0.05, 0.1) is 12.4 Å². The van der Waals surface area contributed by atoms with Gasteiger partial charge in [0.2, 0.25) is 5.91 Å². The van der Waals surface area contributed by atoms with E-state index in [2.05, 4.69) is 15.3 Å². The van der Waals surface area contributed by atoms with Crippen LogP contribution in [0.15, 0.2) is 12.4 Å². The van der Waals surface area contributed by atoms with Gasteiger partial charge in [-0.05, 0) is 12.8 Å². The van der Waals surface area contributed by atoms with Gasteiger partial charge in [-0.15, -0.1) is 0 Å². The molecule has 0 aliphatic rings. The molecule has 1 rings (SSSR count). The second-order valence-corrected chi connectivity index (χ2v) is 3.94. The summed E-state index contributed by atoms with van der Waals surface area (Å²) in [5.74, 6) is 0.384. The topological polar surface area (TPSA) is 107 Å². The number of hydrogen-bond acceptors (Lipinski definition) is 5. The number of nitrogens with one attached hydrogen (secondary N) is 1. The van der Waals surface area contributed by atoms with Gasteiger partial charge in [-0.25, -0.2) is 9.97 Å². The molecule has 1 aromatic heterocycles. The number of amides is 1. The Morgan fingerprint density at radius 2 is 2.06 bits per heavy atom. The van der Waals surface area contributed by atoms with Gasteiger partial charge in [0.25, 0.3) is 0 Å². The Balaban J connectivity index is 2.27. The molecule has 1 aromatic rings. The van der Waals surface area contributed by atoms with E-state index < -0.39 is 0 Å². The van der Waals surface area contributed by atoms with E-state index in [1.807, 2.05) is 0 Å². The van der Waals surface area contributed by atoms with E-state index in [0.717, 1.165) is 12.8 Å². The summed E-state index contributed by atoms with van der Waals surface area (Å²) in [4.78, 5) is 18.9. The van der Waals surface area contributed by atoms with Crippen LogP contribution in [0, 0.1) is 0 Å². The molecule has 0 aliphatic carbocycles. The summed E-state index contributed by atoms with van der Waals surface area (Å²) >= 11 is 4.76. The van der Waals surface area contributed by atoms with Gasteiger partial charge in [0.1, 0.15) is 16.5 Å². The van der Waals surface area contributed by atoms with Crippen molar-refractivity contribution in [2.45, 2.75) is 19.3 Å². The van der Waals surface area contributed by atoms with Crippen LogP contribution < -0.4 is 16.8 Å². The van der Waals surface area contributed by atoms with Crippen molar-refractivity contribution in [3.8, 4) is 0 Å². The summed E-state index contributed by atoms with van der Waals surface area (Å²) in [6, 6.07) is 0. The fourth-order valence-electron chi connectivity index (χ4n) is 1.19. The third-order valence-corrected chi connectivity index (χ3v) is 2.27. The van der Waals surface area contributed by atoms with Crippen LogP contribution in [-0.2, 0) is 4.79 Å². The fourth-order valence-corrected chi connectivity index (χ4v) is 1.29. The lowest BCUT2D eigenvalue weighted by atomic mass is 10.2. The highest BCUT2D eigenvalue weighted by atomic mass is 32.1. The quantitative estimate of drug-likeness (QED) is 0.472. The third-order valence-electron chi connectivity index (χ3n) is 2.06. The first-order valence-electron chi connectivity index (χ1n) is 5.23. The van der Waals surface area contributed by atoms with E-state index in [1.54, 1.807) is 6.20 Å². The number of primary amides is 1. The molecule has 0 aromatic carbocycles. The van der Waals surface area contributed by atoms with Gasteiger partial charge in [0.15, 0.2) is 0 Å². The molecule has 0 atom stereocenters. The first kappa shape index (κ1) is 13.3. The molecule has 0 fully saturated rings. The summed E-state index contributed by atoms with van der Waals surface area (Å²) in [6.07, 6.45) is 5.12. The van der Waals surface area contributed by atoms with Gasteiger partial charge >= 0.3 is 0 Å². The maximum Gasteiger partial charge on any atom is 0.217 e. The van der Waals surface area contributed by atoms with Crippen molar-refractivity contribution in [2.75, 3.05) is 11.9 Å². The molecule has 92 valence electrons. The summed E-state index contributed by atoms with van der Waals surface area (Å²) in [5.41, 5.74) is 10.9. The zero-order valence-electron chi connectivity index (χ0n) is 9.35. The standard InChI is InChI=1S/C10H15N5OS/c11-8(16)3-1-2-4-13-9-6-14-7(5-15-9)10(12)17/h5-6H,1-4H2,(H2,11,16)(H2,12,17)(H,13,15). The molecule has 0 spiro atoms. The Morgan fingerprint density at radius 1 is 1.29 bits per heavy atom. The van der Waals surface area contributed by atoms with Crippen molar-refractivity contribution in [1.82, 2.24) is 9.97 Å². The molecule has 0 bridgehead atoms. The fraction of sp³-hybridized carbons (Fsp3) is 0.400. The maximum atomic E-state index is 10.5. The lowest BCUT2D eigenvalue weighted by Crippen LogP contribution is -2.13. The smallest absolute Gasteiger partial charge is 0.217 e. The normalized spacial score (nSPS) is 9.88. The van der Waals surface area contributed by atoms with Crippen LogP contribution in [0.3, 0.4) is 0 Å². The Kier molecular flexibility index (Phi) is 5.28. The lowest BCUT2D eigenvalue weighted by Gasteiger charge is -2.04. The first-order valence-corrected chi connectivity index (χ1v) is 5.64. The molecule has 0 aliphatic heterocycles. The van der Waals surface area contributed by atoms with E-state index in [4.69, 9.17) is 23.7 Å². The molecule has 1 amide bonds. The average Bonchev–Trinajstić information content (AvgIpc) is 2.29. The zero-order chi connectivity index (χ0) is 12.7. The number of carbonyl (C=O) groups excluding carboxylic acids is 1. The highest BCUT2D eigenvalue weighted by molar-refractivity contribution is 7.80. The molecule has 0 radical (unpaired) electrons. The van der Waals surface area contributed by atoms with Crippen LogP contribution in [-0.4, -0.2) is 27.4 Å². The van der Waals surface area contributed by atoms with Crippen LogP contribution in [0.5, 0.6) is 0 Å². The predicted octanol–water partition coefficient (Wildman–Crippen LogP) is 0.178. The summed E-state index contributed by atoms with van der Waals surface area (Å²) in [6.45, 7) is 0.717. The molecule has 6 nitrogen and oxygen atoms in total. The number of aromatic nitrogens is 2. The minimum Gasteiger partial charge on any atom is -0.388 e. The second kappa shape index (κ2) is 6.74. The molecule has 1 heterocycles. The predicted molar refractivity (Wildman–Crippen MR) is 69.5 cm³/mol. The van der Waals surface area contributed by atoms with E-state index in [-0.39, 0.29) is 10.9 Å². The number of nitrogens with two attached hydrogens (primary N) is 2. The highest BCUT2D eigenvalue weighted by Gasteiger charge is 1.99. The van der Waals surface area contributed by atoms with Gasteiger partial charge in [-0.2, -0.15) is 0 Å². The average molecular weight is 253 g/mol. The second-order valence-electron chi connectivity index (χ2n) is 3.50. The van der Waals surface area contributed by atoms with Crippen molar-refractivity contribution >= 4 is 28.9 Å². The van der Waals surface area contributed by atoms with E-state index in [1.165, 1.54) is 6.20 Å². The van der Waals surface area contributed by atoms with Crippen LogP contribution in [0.1, 0.15) is 25.0 Å². The Bertz CT molecular complexity index is 392. The Hall–Kier alpha value is -1.76. The molecular weight excluding hydrogens is 238 g/mol. The van der Waals surface area contributed by atoms with Crippen LogP contribution >= 0.6 is 12.2 Å². The molecule has 0 unspecified atom stereocenters. The molecule has 5 N–H and O–H groups in total. The van der Waals surface area contributed by atoms with Crippen molar-refractivity contribution in [3.63, 3.8) is 0 Å². The number of unbranched alkanes of at least 4 members (excludes halogenated alkanes) is 1. The lowest BCUT2D eigenvalue weighted by molar-refractivity contribution is -0.118.